The molecule has 2 aromatic carbocycles. The molecule has 10 heteroatoms. The number of nitrogens with one attached hydrogen (secondary N) is 1. The molecule has 6 nitrogen and oxygen atoms in total. The molecule has 1 fully saturated rings. The Morgan fingerprint density at radius 2 is 1.90 bits per heavy atom. The second kappa shape index (κ2) is 12.6. The zero-order valence-corrected chi connectivity index (χ0v) is 21.9. The van der Waals surface area contributed by atoms with Crippen molar-refractivity contribution in [2.24, 2.45) is 5.41 Å². The Morgan fingerprint density at radius 3 is 2.54 bits per heavy atom. The maximum absolute atomic E-state index is 15.8. The van der Waals surface area contributed by atoms with Crippen LogP contribution in [0.4, 0.5) is 23.2 Å². The maximum Gasteiger partial charge on any atom is 0.303 e. The number of pyridine rings is 1. The molecule has 4 rings (SSSR count). The Kier molecular flexibility index (Phi) is 9.27. The second-order valence-electron chi connectivity index (χ2n) is 10.2. The summed E-state index contributed by atoms with van der Waals surface area (Å²) in [7, 11) is 1.50. The average Bonchev–Trinajstić information content (AvgIpc) is 2.91. The van der Waals surface area contributed by atoms with Gasteiger partial charge in [-0.05, 0) is 74.5 Å². The van der Waals surface area contributed by atoms with E-state index in [0.717, 1.165) is 6.07 Å². The standard InChI is InChI=1S/C29H33F4N3O3/c1-39-23-2-3-26-24(15-23)28(19(17-30)18-35-26)25(33)4-5-29(16-27(37)38)6-9-36(10-7-29)11-8-34-22-13-20(31)12-21(32)14-22/h2-3,12-15,18,25,34H,4-11,16-17H2,1H3,(H,37,38)/t25-/m1/s1. The molecule has 0 aliphatic carbocycles. The van der Waals surface area contributed by atoms with E-state index >= 15 is 4.39 Å². The van der Waals surface area contributed by atoms with Crippen LogP contribution in [0.25, 0.3) is 10.9 Å². The van der Waals surface area contributed by atoms with Gasteiger partial charge in [-0.3, -0.25) is 9.78 Å². The van der Waals surface area contributed by atoms with Gasteiger partial charge in [-0.2, -0.15) is 0 Å². The number of halogens is 4. The molecule has 1 atom stereocenters. The lowest BCUT2D eigenvalue weighted by molar-refractivity contribution is -0.141. The number of likely N-dealkylation sites (tertiary alicyclic amines) is 1. The quantitative estimate of drug-likeness (QED) is 0.254. The third kappa shape index (κ3) is 7.17. The number of hydrogen-bond donors (Lipinski definition) is 2. The van der Waals surface area contributed by atoms with Gasteiger partial charge >= 0.3 is 5.97 Å². The van der Waals surface area contributed by atoms with E-state index < -0.39 is 35.9 Å². The Bertz CT molecular complexity index is 1270. The summed E-state index contributed by atoms with van der Waals surface area (Å²) in [5.74, 6) is -1.73. The number of methoxy groups -OCH3 is 1. The maximum atomic E-state index is 15.8. The average molecular weight is 548 g/mol. The number of fused-ring (bicyclic) bond motifs is 1. The highest BCUT2D eigenvalue weighted by atomic mass is 19.1. The molecular formula is C29H33F4N3O3. The predicted octanol–water partition coefficient (Wildman–Crippen LogP) is 6.45. The number of aromatic nitrogens is 1. The van der Waals surface area contributed by atoms with E-state index in [-0.39, 0.29) is 24.0 Å². The zero-order chi connectivity index (χ0) is 28.0. The van der Waals surface area contributed by atoms with E-state index in [1.54, 1.807) is 18.2 Å². The summed E-state index contributed by atoms with van der Waals surface area (Å²) in [4.78, 5) is 18.1. The van der Waals surface area contributed by atoms with Crippen LogP contribution < -0.4 is 10.1 Å². The first-order chi connectivity index (χ1) is 18.7. The Labute approximate surface area is 225 Å². The highest BCUT2D eigenvalue weighted by Gasteiger charge is 2.37. The van der Waals surface area contributed by atoms with Crippen molar-refractivity contribution in [2.45, 2.75) is 45.0 Å². The first-order valence-corrected chi connectivity index (χ1v) is 13.0. The molecule has 0 amide bonds. The summed E-state index contributed by atoms with van der Waals surface area (Å²) in [6.07, 6.45) is 1.33. The van der Waals surface area contributed by atoms with Gasteiger partial charge in [0.1, 0.15) is 30.2 Å². The SMILES string of the molecule is COc1ccc2ncc(CF)c([C@H](F)CCC3(CC(=O)O)CCN(CCNc4cc(F)cc(F)c4)CC3)c2c1. The Hall–Kier alpha value is -3.40. The molecule has 0 radical (unpaired) electrons. The molecule has 1 aliphatic heterocycles. The van der Waals surface area contributed by atoms with Gasteiger partial charge in [0.25, 0.3) is 0 Å². The molecule has 2 heterocycles. The second-order valence-corrected chi connectivity index (χ2v) is 10.2. The third-order valence-electron chi connectivity index (χ3n) is 7.65. The van der Waals surface area contributed by atoms with E-state index in [1.807, 2.05) is 0 Å². The van der Waals surface area contributed by atoms with Crippen LogP contribution in [0.3, 0.4) is 0 Å². The fraction of sp³-hybridized carbons (Fsp3) is 0.448. The largest absolute Gasteiger partial charge is 0.497 e. The predicted molar refractivity (Wildman–Crippen MR) is 141 cm³/mol. The lowest BCUT2D eigenvalue weighted by Gasteiger charge is -2.41. The molecule has 1 saturated heterocycles. The molecule has 1 aliphatic rings. The lowest BCUT2D eigenvalue weighted by atomic mass is 9.71. The number of carboxylic acids is 1. The van der Waals surface area contributed by atoms with Gasteiger partial charge in [0, 0.05) is 47.6 Å². The third-order valence-corrected chi connectivity index (χ3v) is 7.65. The van der Waals surface area contributed by atoms with Crippen molar-refractivity contribution in [3.05, 3.63) is 65.4 Å². The molecule has 210 valence electrons. The van der Waals surface area contributed by atoms with Crippen molar-refractivity contribution in [2.75, 3.05) is 38.6 Å². The Morgan fingerprint density at radius 1 is 1.18 bits per heavy atom. The number of hydrogen-bond acceptors (Lipinski definition) is 5. The number of piperidine rings is 1. The molecule has 3 aromatic rings. The number of carboxylic acid groups (broad SMARTS) is 1. The first-order valence-electron chi connectivity index (χ1n) is 13.0. The number of ether oxygens (including phenoxy) is 1. The summed E-state index contributed by atoms with van der Waals surface area (Å²) in [6, 6.07) is 8.33. The van der Waals surface area contributed by atoms with Gasteiger partial charge in [-0.1, -0.05) is 0 Å². The summed E-state index contributed by atoms with van der Waals surface area (Å²) in [5.41, 5.74) is 0.726. The smallest absolute Gasteiger partial charge is 0.303 e. The van der Waals surface area contributed by atoms with Crippen LogP contribution in [0.15, 0.2) is 42.6 Å². The van der Waals surface area contributed by atoms with Crippen LogP contribution in [0.1, 0.15) is 49.4 Å². The minimum absolute atomic E-state index is 0.0588. The molecule has 39 heavy (non-hydrogen) atoms. The fourth-order valence-corrected chi connectivity index (χ4v) is 5.52. The minimum Gasteiger partial charge on any atom is -0.497 e. The van der Waals surface area contributed by atoms with Crippen LogP contribution in [0.2, 0.25) is 0 Å². The van der Waals surface area contributed by atoms with Crippen LogP contribution >= 0.6 is 0 Å². The van der Waals surface area contributed by atoms with Crippen LogP contribution in [-0.4, -0.2) is 54.2 Å². The fourth-order valence-electron chi connectivity index (χ4n) is 5.52. The molecule has 0 unspecified atom stereocenters. The van der Waals surface area contributed by atoms with Gasteiger partial charge in [-0.15, -0.1) is 0 Å². The van der Waals surface area contributed by atoms with E-state index in [2.05, 4.69) is 15.2 Å². The zero-order valence-electron chi connectivity index (χ0n) is 21.9. The molecular weight excluding hydrogens is 514 g/mol. The van der Waals surface area contributed by atoms with Crippen molar-refractivity contribution in [3.8, 4) is 5.75 Å². The van der Waals surface area contributed by atoms with E-state index in [4.69, 9.17) is 4.74 Å². The van der Waals surface area contributed by atoms with Crippen LogP contribution in [-0.2, 0) is 11.5 Å². The van der Waals surface area contributed by atoms with Gasteiger partial charge in [0.05, 0.1) is 19.0 Å². The van der Waals surface area contributed by atoms with Gasteiger partial charge in [0.2, 0.25) is 0 Å². The van der Waals surface area contributed by atoms with Crippen molar-refractivity contribution in [1.29, 1.82) is 0 Å². The minimum atomic E-state index is -1.49. The Balaban J connectivity index is 1.40. The lowest BCUT2D eigenvalue weighted by Crippen LogP contribution is -2.43. The summed E-state index contributed by atoms with van der Waals surface area (Å²) >= 11 is 0. The first kappa shape index (κ1) is 28.6. The van der Waals surface area contributed by atoms with Crippen LogP contribution in [0, 0.1) is 17.0 Å². The summed E-state index contributed by atoms with van der Waals surface area (Å²) < 4.78 is 61.7. The highest BCUT2D eigenvalue weighted by molar-refractivity contribution is 5.85. The number of alkyl halides is 2. The van der Waals surface area contributed by atoms with Crippen molar-refractivity contribution < 1.29 is 32.2 Å². The number of benzene rings is 2. The topological polar surface area (TPSA) is 74.7 Å². The number of carbonyl (C=O) groups is 1. The molecule has 0 bridgehead atoms. The number of nitrogens with zero attached hydrogens (tertiary/aromatic N) is 2. The monoisotopic (exact) mass is 547 g/mol. The molecule has 0 spiro atoms. The van der Waals surface area contributed by atoms with E-state index in [1.165, 1.54) is 25.4 Å². The van der Waals surface area contributed by atoms with E-state index in [9.17, 15) is 23.1 Å². The van der Waals surface area contributed by atoms with Gasteiger partial charge in [-0.25, -0.2) is 17.6 Å². The van der Waals surface area contributed by atoms with E-state index in [0.29, 0.717) is 67.8 Å². The number of anilines is 1. The van der Waals surface area contributed by atoms with Crippen LogP contribution in [0.5, 0.6) is 5.75 Å². The van der Waals surface area contributed by atoms with Gasteiger partial charge < -0.3 is 20.1 Å². The molecule has 2 N–H and O–H groups in total. The van der Waals surface area contributed by atoms with Crippen molar-refractivity contribution in [3.63, 3.8) is 0 Å². The number of aliphatic carboxylic acids is 1. The van der Waals surface area contributed by atoms with Crippen molar-refractivity contribution >= 4 is 22.6 Å². The highest BCUT2D eigenvalue weighted by Crippen LogP contribution is 2.43. The summed E-state index contributed by atoms with van der Waals surface area (Å²) in [6.45, 7) is 1.45. The molecule has 0 saturated carbocycles. The summed E-state index contributed by atoms with van der Waals surface area (Å²) in [5, 5.41) is 13.1. The molecule has 1 aromatic heterocycles. The van der Waals surface area contributed by atoms with Gasteiger partial charge in [0.15, 0.2) is 0 Å². The van der Waals surface area contributed by atoms with Crippen molar-refractivity contribution in [1.82, 2.24) is 9.88 Å². The number of rotatable bonds is 12. The normalized spacial score (nSPS) is 16.2.